The number of piperidine rings is 1. The number of likely N-dealkylation sites (tertiary alicyclic amines) is 1. The van der Waals surface area contributed by atoms with E-state index >= 15 is 0 Å². The number of amidine groups is 1. The van der Waals surface area contributed by atoms with Crippen LogP contribution in [0.2, 0.25) is 0 Å². The van der Waals surface area contributed by atoms with Crippen LogP contribution in [-0.2, 0) is 4.79 Å². The monoisotopic (exact) mass is 360 g/mol. The van der Waals surface area contributed by atoms with E-state index in [2.05, 4.69) is 34.8 Å². The highest BCUT2D eigenvalue weighted by atomic mass is 16.2. The van der Waals surface area contributed by atoms with Crippen molar-refractivity contribution in [1.82, 2.24) is 19.6 Å². The van der Waals surface area contributed by atoms with E-state index in [1.54, 1.807) is 16.8 Å². The van der Waals surface area contributed by atoms with Crippen molar-refractivity contribution in [3.8, 4) is 6.19 Å². The smallest absolute Gasteiger partial charge is 0.242 e. The van der Waals surface area contributed by atoms with E-state index in [1.807, 2.05) is 13.1 Å². The predicted octanol–water partition coefficient (Wildman–Crippen LogP) is 1.70. The van der Waals surface area contributed by atoms with Crippen LogP contribution in [0.4, 0.5) is 0 Å². The average Bonchev–Trinajstić information content (AvgIpc) is 2.64. The Morgan fingerprint density at radius 3 is 2.77 bits per heavy atom. The number of amides is 1. The summed E-state index contributed by atoms with van der Waals surface area (Å²) in [5, 5.41) is 8.80. The minimum absolute atomic E-state index is 0.0782. The third-order valence-electron chi connectivity index (χ3n) is 5.31. The highest BCUT2D eigenvalue weighted by molar-refractivity contribution is 5.98. The van der Waals surface area contributed by atoms with E-state index in [0.29, 0.717) is 25.7 Å². The molecule has 2 aliphatic rings. The lowest BCUT2D eigenvalue weighted by molar-refractivity contribution is -0.131. The largest absolute Gasteiger partial charge is 0.371 e. The van der Waals surface area contributed by atoms with Crippen LogP contribution in [0.25, 0.3) is 0 Å². The Balaban J connectivity index is 1.90. The predicted molar refractivity (Wildman–Crippen MR) is 103 cm³/mol. The Kier molecular flexibility index (Phi) is 7.46. The molecule has 2 heterocycles. The van der Waals surface area contributed by atoms with Gasteiger partial charge in [0.15, 0.2) is 6.19 Å². The SMILES string of the molecule is CC(=N/C=C(\C)N1CCCC[C@H]1C)N1CCN(CCN(C)C#N)CC1=O. The molecule has 26 heavy (non-hydrogen) atoms. The summed E-state index contributed by atoms with van der Waals surface area (Å²) in [4.78, 5) is 24.9. The zero-order valence-electron chi connectivity index (χ0n) is 16.6. The molecule has 0 aliphatic carbocycles. The Bertz CT molecular complexity index is 593. The summed E-state index contributed by atoms with van der Waals surface area (Å²) in [6.07, 6.45) is 7.75. The zero-order chi connectivity index (χ0) is 19.1. The summed E-state index contributed by atoms with van der Waals surface area (Å²) < 4.78 is 0. The van der Waals surface area contributed by atoms with E-state index < -0.39 is 0 Å². The lowest BCUT2D eigenvalue weighted by atomic mass is 10.0. The molecule has 1 amide bonds. The maximum Gasteiger partial charge on any atom is 0.242 e. The Hall–Kier alpha value is -2.07. The molecular formula is C19H32N6O. The number of carbonyl (C=O) groups excluding carboxylic acids is 1. The van der Waals surface area contributed by atoms with Crippen molar-refractivity contribution in [2.75, 3.05) is 46.3 Å². The fourth-order valence-corrected chi connectivity index (χ4v) is 3.55. The van der Waals surface area contributed by atoms with Crippen LogP contribution in [0, 0.1) is 11.5 Å². The van der Waals surface area contributed by atoms with Crippen molar-refractivity contribution in [2.45, 2.75) is 46.1 Å². The van der Waals surface area contributed by atoms with Crippen molar-refractivity contribution >= 4 is 11.7 Å². The van der Waals surface area contributed by atoms with E-state index in [0.717, 1.165) is 25.5 Å². The van der Waals surface area contributed by atoms with E-state index in [4.69, 9.17) is 5.26 Å². The van der Waals surface area contributed by atoms with Gasteiger partial charge in [-0.2, -0.15) is 5.26 Å². The fourth-order valence-electron chi connectivity index (χ4n) is 3.55. The number of hydrogen-bond donors (Lipinski definition) is 0. The molecule has 2 aliphatic heterocycles. The number of nitrogens with zero attached hydrogens (tertiary/aromatic N) is 6. The Morgan fingerprint density at radius 1 is 1.35 bits per heavy atom. The van der Waals surface area contributed by atoms with E-state index in [9.17, 15) is 4.79 Å². The standard InChI is InChI=1S/C19H32N6O/c1-16-7-5-6-8-24(16)17(2)13-21-18(3)25-12-11-23(14-19(25)26)10-9-22(4)15-20/h13,16H,5-12,14H2,1-4H3/b17-13+,21-18?/t16-/m1/s1. The molecule has 144 valence electrons. The van der Waals surface area contributed by atoms with Crippen LogP contribution >= 0.6 is 0 Å². The fraction of sp³-hybridized carbons (Fsp3) is 0.737. The van der Waals surface area contributed by atoms with Gasteiger partial charge >= 0.3 is 0 Å². The number of likely N-dealkylation sites (N-methyl/N-ethyl adjacent to an activating group) is 1. The minimum Gasteiger partial charge on any atom is -0.371 e. The number of allylic oxidation sites excluding steroid dienone is 1. The van der Waals surface area contributed by atoms with Crippen LogP contribution in [-0.4, -0.2) is 83.7 Å². The highest BCUT2D eigenvalue weighted by Gasteiger charge is 2.25. The second kappa shape index (κ2) is 9.58. The molecule has 0 aromatic heterocycles. The number of nitriles is 1. The minimum atomic E-state index is 0.0782. The van der Waals surface area contributed by atoms with Gasteiger partial charge in [-0.1, -0.05) is 0 Å². The number of hydrogen-bond acceptors (Lipinski definition) is 6. The normalized spacial score (nSPS) is 23.2. The first-order valence-electron chi connectivity index (χ1n) is 9.53. The molecule has 0 unspecified atom stereocenters. The van der Waals surface area contributed by atoms with Gasteiger partial charge in [0.2, 0.25) is 5.91 Å². The first-order chi connectivity index (χ1) is 12.4. The second-order valence-electron chi connectivity index (χ2n) is 7.33. The van der Waals surface area contributed by atoms with E-state index in [1.165, 1.54) is 25.0 Å². The highest BCUT2D eigenvalue weighted by Crippen LogP contribution is 2.20. The van der Waals surface area contributed by atoms with Crippen molar-refractivity contribution in [1.29, 1.82) is 5.26 Å². The van der Waals surface area contributed by atoms with Crippen LogP contribution in [0.1, 0.15) is 40.0 Å². The number of piperazine rings is 1. The summed E-state index contributed by atoms with van der Waals surface area (Å²) in [7, 11) is 1.76. The van der Waals surface area contributed by atoms with Crippen LogP contribution < -0.4 is 0 Å². The molecule has 2 fully saturated rings. The number of aliphatic imine (C=N–C) groups is 1. The van der Waals surface area contributed by atoms with Gasteiger partial charge in [-0.05, 0) is 40.0 Å². The molecule has 0 saturated carbocycles. The topological polar surface area (TPSA) is 66.2 Å². The summed E-state index contributed by atoms with van der Waals surface area (Å²) >= 11 is 0. The van der Waals surface area contributed by atoms with Crippen LogP contribution in [0.3, 0.4) is 0 Å². The maximum absolute atomic E-state index is 12.5. The van der Waals surface area contributed by atoms with Crippen LogP contribution in [0.15, 0.2) is 16.9 Å². The first kappa shape index (κ1) is 20.2. The van der Waals surface area contributed by atoms with Crippen molar-refractivity contribution in [3.05, 3.63) is 11.9 Å². The molecule has 0 aromatic carbocycles. The molecular weight excluding hydrogens is 328 g/mol. The van der Waals surface area contributed by atoms with Crippen molar-refractivity contribution < 1.29 is 4.79 Å². The van der Waals surface area contributed by atoms with Gasteiger partial charge in [0.1, 0.15) is 5.84 Å². The van der Waals surface area contributed by atoms with Crippen LogP contribution in [0.5, 0.6) is 0 Å². The van der Waals surface area contributed by atoms with Gasteiger partial charge in [-0.3, -0.25) is 14.6 Å². The lowest BCUT2D eigenvalue weighted by Gasteiger charge is -2.36. The van der Waals surface area contributed by atoms with Gasteiger partial charge in [0, 0.05) is 57.7 Å². The molecule has 7 nitrogen and oxygen atoms in total. The molecule has 2 saturated heterocycles. The van der Waals surface area contributed by atoms with Gasteiger partial charge < -0.3 is 9.80 Å². The average molecular weight is 361 g/mol. The lowest BCUT2D eigenvalue weighted by Crippen LogP contribution is -2.53. The summed E-state index contributed by atoms with van der Waals surface area (Å²) in [6, 6.07) is 0.562. The molecule has 0 radical (unpaired) electrons. The summed E-state index contributed by atoms with van der Waals surface area (Å²) in [6.45, 7) is 10.6. The maximum atomic E-state index is 12.5. The molecule has 1 atom stereocenters. The Labute approximate surface area is 157 Å². The summed E-state index contributed by atoms with van der Waals surface area (Å²) in [5.74, 6) is 0.835. The molecule has 0 bridgehead atoms. The van der Waals surface area contributed by atoms with Gasteiger partial charge in [0.05, 0.1) is 6.54 Å². The molecule has 0 N–H and O–H groups in total. The van der Waals surface area contributed by atoms with Gasteiger partial charge in [-0.15, -0.1) is 0 Å². The quantitative estimate of drug-likeness (QED) is 0.323. The van der Waals surface area contributed by atoms with Gasteiger partial charge in [0.25, 0.3) is 0 Å². The van der Waals surface area contributed by atoms with E-state index in [-0.39, 0.29) is 5.91 Å². The molecule has 2 rings (SSSR count). The second-order valence-corrected chi connectivity index (χ2v) is 7.33. The van der Waals surface area contributed by atoms with Crippen molar-refractivity contribution in [2.24, 2.45) is 4.99 Å². The zero-order valence-corrected chi connectivity index (χ0v) is 16.6. The molecule has 0 aromatic rings. The number of carbonyl (C=O) groups is 1. The molecule has 0 spiro atoms. The van der Waals surface area contributed by atoms with Gasteiger partial charge in [-0.25, -0.2) is 4.99 Å². The van der Waals surface area contributed by atoms with Crippen molar-refractivity contribution in [3.63, 3.8) is 0 Å². The number of rotatable bonds is 5. The third-order valence-corrected chi connectivity index (χ3v) is 5.31. The first-order valence-corrected chi connectivity index (χ1v) is 9.53. The molecule has 7 heteroatoms. The Morgan fingerprint density at radius 2 is 2.12 bits per heavy atom. The summed E-state index contributed by atoms with van der Waals surface area (Å²) in [5.41, 5.74) is 1.17. The third kappa shape index (κ3) is 5.46.